The molecule has 2 nitrogen and oxygen atoms in total. The van der Waals surface area contributed by atoms with Crippen LogP contribution in [0.5, 0.6) is 0 Å². The van der Waals surface area contributed by atoms with Crippen molar-refractivity contribution in [1.29, 1.82) is 0 Å². The lowest BCUT2D eigenvalue weighted by Crippen LogP contribution is -1.96. The number of pyridine rings is 1. The van der Waals surface area contributed by atoms with Gasteiger partial charge in [-0.1, -0.05) is 6.07 Å². The standard InChI is InChI=1S/C9H9NO/c1-3-9-8(7(2)11)5-4-6-10-9/h1,4-7,11H,2H3. The molecule has 1 aromatic rings. The molecule has 56 valence electrons. The third kappa shape index (κ3) is 1.57. The van der Waals surface area contributed by atoms with Crippen LogP contribution in [0, 0.1) is 12.3 Å². The summed E-state index contributed by atoms with van der Waals surface area (Å²) in [6.45, 7) is 1.66. The van der Waals surface area contributed by atoms with Crippen LogP contribution in [0.2, 0.25) is 0 Å². The quantitative estimate of drug-likeness (QED) is 0.604. The van der Waals surface area contributed by atoms with E-state index < -0.39 is 6.10 Å². The highest BCUT2D eigenvalue weighted by Crippen LogP contribution is 2.13. The zero-order valence-electron chi connectivity index (χ0n) is 6.28. The Kier molecular flexibility index (Phi) is 2.25. The number of hydrogen-bond acceptors (Lipinski definition) is 2. The second-order valence-corrected chi connectivity index (χ2v) is 2.26. The van der Waals surface area contributed by atoms with Gasteiger partial charge in [-0.15, -0.1) is 6.42 Å². The summed E-state index contributed by atoms with van der Waals surface area (Å²) >= 11 is 0. The first-order valence-corrected chi connectivity index (χ1v) is 3.35. The number of aliphatic hydroxyl groups excluding tert-OH is 1. The predicted molar refractivity (Wildman–Crippen MR) is 42.8 cm³/mol. The maximum Gasteiger partial charge on any atom is 0.118 e. The van der Waals surface area contributed by atoms with Crippen molar-refractivity contribution in [3.05, 3.63) is 29.6 Å². The molecule has 0 spiro atoms. The summed E-state index contributed by atoms with van der Waals surface area (Å²) in [6, 6.07) is 3.52. The molecule has 1 N–H and O–H groups in total. The Morgan fingerprint density at radius 2 is 2.45 bits per heavy atom. The van der Waals surface area contributed by atoms with Crippen LogP contribution in [0.4, 0.5) is 0 Å². The summed E-state index contributed by atoms with van der Waals surface area (Å²) in [5, 5.41) is 9.20. The number of terminal acetylenes is 1. The van der Waals surface area contributed by atoms with Crippen molar-refractivity contribution in [3.8, 4) is 12.3 Å². The van der Waals surface area contributed by atoms with Crippen molar-refractivity contribution in [2.24, 2.45) is 0 Å². The van der Waals surface area contributed by atoms with E-state index in [-0.39, 0.29) is 0 Å². The highest BCUT2D eigenvalue weighted by atomic mass is 16.3. The van der Waals surface area contributed by atoms with E-state index in [4.69, 9.17) is 6.42 Å². The molecule has 0 radical (unpaired) electrons. The monoisotopic (exact) mass is 147 g/mol. The summed E-state index contributed by atoms with van der Waals surface area (Å²) in [6.07, 6.45) is 6.23. The molecule has 1 unspecified atom stereocenters. The van der Waals surface area contributed by atoms with Gasteiger partial charge in [-0.3, -0.25) is 0 Å². The molecule has 1 aromatic heterocycles. The van der Waals surface area contributed by atoms with Crippen molar-refractivity contribution in [2.45, 2.75) is 13.0 Å². The predicted octanol–water partition coefficient (Wildman–Crippen LogP) is 1.12. The molecule has 0 saturated carbocycles. The fourth-order valence-electron chi connectivity index (χ4n) is 0.875. The first-order valence-electron chi connectivity index (χ1n) is 3.35. The average Bonchev–Trinajstić information content (AvgIpc) is 2.04. The van der Waals surface area contributed by atoms with Crippen LogP contribution < -0.4 is 0 Å². The maximum absolute atomic E-state index is 9.20. The van der Waals surface area contributed by atoms with Crippen molar-refractivity contribution in [2.75, 3.05) is 0 Å². The maximum atomic E-state index is 9.20. The van der Waals surface area contributed by atoms with Crippen LogP contribution in [0.3, 0.4) is 0 Å². The summed E-state index contributed by atoms with van der Waals surface area (Å²) in [4.78, 5) is 3.92. The van der Waals surface area contributed by atoms with Crippen molar-refractivity contribution in [1.82, 2.24) is 4.98 Å². The molecule has 0 amide bonds. The zero-order valence-corrected chi connectivity index (χ0v) is 6.28. The van der Waals surface area contributed by atoms with E-state index in [0.29, 0.717) is 11.3 Å². The van der Waals surface area contributed by atoms with Crippen LogP contribution in [-0.2, 0) is 0 Å². The van der Waals surface area contributed by atoms with Crippen molar-refractivity contribution in [3.63, 3.8) is 0 Å². The molecule has 1 atom stereocenters. The Labute approximate surface area is 65.9 Å². The van der Waals surface area contributed by atoms with Gasteiger partial charge in [0.2, 0.25) is 0 Å². The van der Waals surface area contributed by atoms with Gasteiger partial charge in [0.15, 0.2) is 0 Å². The lowest BCUT2D eigenvalue weighted by atomic mass is 10.1. The summed E-state index contributed by atoms with van der Waals surface area (Å²) in [5.41, 5.74) is 1.22. The van der Waals surface area contributed by atoms with Crippen molar-refractivity contribution < 1.29 is 5.11 Å². The smallest absolute Gasteiger partial charge is 0.118 e. The Morgan fingerprint density at radius 3 is 2.91 bits per heavy atom. The number of aromatic nitrogens is 1. The molecule has 0 saturated heterocycles. The fourth-order valence-corrected chi connectivity index (χ4v) is 0.875. The van der Waals surface area contributed by atoms with Gasteiger partial charge in [-0.2, -0.15) is 0 Å². The molecule has 11 heavy (non-hydrogen) atoms. The van der Waals surface area contributed by atoms with E-state index >= 15 is 0 Å². The SMILES string of the molecule is C#Cc1ncccc1C(C)O. The molecule has 0 fully saturated rings. The van der Waals surface area contributed by atoms with E-state index in [1.54, 1.807) is 25.3 Å². The van der Waals surface area contributed by atoms with Crippen LogP contribution in [0.25, 0.3) is 0 Å². The van der Waals surface area contributed by atoms with Gasteiger partial charge >= 0.3 is 0 Å². The molecule has 0 aliphatic rings. The molecule has 0 aliphatic carbocycles. The third-order valence-corrected chi connectivity index (χ3v) is 1.43. The average molecular weight is 147 g/mol. The van der Waals surface area contributed by atoms with Gasteiger partial charge in [0.25, 0.3) is 0 Å². The summed E-state index contributed by atoms with van der Waals surface area (Å²) in [7, 11) is 0. The third-order valence-electron chi connectivity index (χ3n) is 1.43. The Morgan fingerprint density at radius 1 is 1.73 bits per heavy atom. The van der Waals surface area contributed by atoms with Gasteiger partial charge < -0.3 is 5.11 Å². The number of aliphatic hydroxyl groups is 1. The highest BCUT2D eigenvalue weighted by Gasteiger charge is 2.04. The van der Waals surface area contributed by atoms with Crippen LogP contribution >= 0.6 is 0 Å². The topological polar surface area (TPSA) is 33.1 Å². The van der Waals surface area contributed by atoms with Gasteiger partial charge in [-0.05, 0) is 18.9 Å². The summed E-state index contributed by atoms with van der Waals surface area (Å²) < 4.78 is 0. The highest BCUT2D eigenvalue weighted by molar-refractivity contribution is 5.34. The Balaban J connectivity index is 3.15. The van der Waals surface area contributed by atoms with Crippen molar-refractivity contribution >= 4 is 0 Å². The van der Waals surface area contributed by atoms with Gasteiger partial charge in [0.1, 0.15) is 5.69 Å². The zero-order chi connectivity index (χ0) is 8.27. The normalized spacial score (nSPS) is 12.1. The van der Waals surface area contributed by atoms with Gasteiger partial charge in [-0.25, -0.2) is 4.98 Å². The largest absolute Gasteiger partial charge is 0.389 e. The molecule has 0 aromatic carbocycles. The van der Waals surface area contributed by atoms with Gasteiger partial charge in [0, 0.05) is 11.8 Å². The fraction of sp³-hybridized carbons (Fsp3) is 0.222. The minimum Gasteiger partial charge on any atom is -0.389 e. The molecular weight excluding hydrogens is 138 g/mol. The molecule has 0 aliphatic heterocycles. The Hall–Kier alpha value is -1.33. The van der Waals surface area contributed by atoms with Crippen LogP contribution in [0.1, 0.15) is 24.3 Å². The first-order chi connectivity index (χ1) is 5.25. The van der Waals surface area contributed by atoms with Crippen LogP contribution in [0.15, 0.2) is 18.3 Å². The number of hydrogen-bond donors (Lipinski definition) is 1. The molecule has 1 heterocycles. The molecular formula is C9H9NO. The minimum absolute atomic E-state index is 0.516. The van der Waals surface area contributed by atoms with E-state index in [9.17, 15) is 5.11 Å². The first kappa shape index (κ1) is 7.77. The number of rotatable bonds is 1. The Bertz CT molecular complexity index is 286. The second kappa shape index (κ2) is 3.18. The second-order valence-electron chi connectivity index (χ2n) is 2.26. The van der Waals surface area contributed by atoms with Crippen LogP contribution in [-0.4, -0.2) is 10.1 Å². The minimum atomic E-state index is -0.547. The number of nitrogens with zero attached hydrogens (tertiary/aromatic N) is 1. The van der Waals surface area contributed by atoms with E-state index in [1.807, 2.05) is 0 Å². The summed E-state index contributed by atoms with van der Waals surface area (Å²) in [5.74, 6) is 2.41. The molecule has 0 bridgehead atoms. The molecule has 1 rings (SSSR count). The van der Waals surface area contributed by atoms with E-state index in [2.05, 4.69) is 10.9 Å². The molecule has 2 heteroatoms. The lowest BCUT2D eigenvalue weighted by molar-refractivity contribution is 0.198. The van der Waals surface area contributed by atoms with Gasteiger partial charge in [0.05, 0.1) is 6.10 Å². The lowest BCUT2D eigenvalue weighted by Gasteiger charge is -2.04. The van der Waals surface area contributed by atoms with E-state index in [1.165, 1.54) is 0 Å². The van der Waals surface area contributed by atoms with E-state index in [0.717, 1.165) is 0 Å².